The second-order valence-corrected chi connectivity index (χ2v) is 19.0. The van der Waals surface area contributed by atoms with E-state index in [9.17, 15) is 31.5 Å². The van der Waals surface area contributed by atoms with Gasteiger partial charge in [-0.15, -0.1) is 0 Å². The van der Waals surface area contributed by atoms with Gasteiger partial charge in [0.25, 0.3) is 0 Å². The van der Waals surface area contributed by atoms with Crippen molar-refractivity contribution in [1.82, 2.24) is 25.6 Å². The molecule has 0 saturated carbocycles. The second kappa shape index (κ2) is 27.4. The fraction of sp³-hybridized carbons (Fsp3) is 0.264. The lowest BCUT2D eigenvalue weighted by atomic mass is 10.1. The summed E-state index contributed by atoms with van der Waals surface area (Å²) < 4.78 is 87.8. The quantitative estimate of drug-likeness (QED) is 0.110. The number of ether oxygens (including phenoxy) is 1. The summed E-state index contributed by atoms with van der Waals surface area (Å²) in [5.74, 6) is -0.0254. The Bertz CT molecular complexity index is 3180. The minimum Gasteiger partial charge on any atom is -0.449 e. The second-order valence-electron chi connectivity index (χ2n) is 16.4. The van der Waals surface area contributed by atoms with Crippen molar-refractivity contribution in [3.63, 3.8) is 0 Å². The number of benzene rings is 5. The summed E-state index contributed by atoms with van der Waals surface area (Å²) in [5, 5.41) is 6.51. The molecule has 0 spiro atoms. The number of hydrogen-bond acceptors (Lipinski definition) is 13. The standard InChI is InChI=1S/C14H16FN3O.C12H14FN3O.C10H7BrFNO.C9H8BrFO2.C8H6BrFO/c1-10-17-13(9-19-10)11-2-3-12(15)14(8-11)18-6-4-16-5-7-18;1-8-15-9-2-3-10(11(13)12(9)17-8)16-6-4-14-5-7-16;1-6-13-10(5-14-6)7-2-3-9(12)8(11)4-7;1-13-5-9(12)6-2-3-8(11)7(10)4-6;1-5(11)6-2-3-8(10)7(9)4-6/h2-3,8-9,16H,4-7H2,1H3;2-3,14H,4-7H2,1H3;2-5H,1H3;2-4H,5H2,1H3;2-4H,1H3. The SMILES string of the molecule is CC(=O)c1ccc(F)c(Br)c1.COCC(=O)c1ccc(F)c(Br)c1.Cc1nc(-c2ccc(F)c(Br)c2)co1.Cc1nc(-c2ccc(F)c(N3CCNCC3)c2)co1.Cc1nc2ccc(N3CCNCC3)c(F)c2o1. The highest BCUT2D eigenvalue weighted by atomic mass is 79.9. The summed E-state index contributed by atoms with van der Waals surface area (Å²) in [6, 6.07) is 21.7. The fourth-order valence-electron chi connectivity index (χ4n) is 7.28. The lowest BCUT2D eigenvalue weighted by Gasteiger charge is -2.29. The van der Waals surface area contributed by atoms with E-state index in [2.05, 4.69) is 83.0 Å². The van der Waals surface area contributed by atoms with Crippen LogP contribution in [0.25, 0.3) is 33.6 Å². The molecule has 21 heteroatoms. The predicted octanol–water partition coefficient (Wildman–Crippen LogP) is 12.6. The molecule has 2 saturated heterocycles. The highest BCUT2D eigenvalue weighted by molar-refractivity contribution is 9.11. The molecule has 0 atom stereocenters. The molecule has 0 aliphatic carbocycles. The molecule has 10 rings (SSSR count). The Morgan fingerprint density at radius 3 is 1.55 bits per heavy atom. The van der Waals surface area contributed by atoms with Gasteiger partial charge in [-0.3, -0.25) is 9.59 Å². The molecule has 2 aliphatic rings. The molecular weight excluding hydrogens is 1170 g/mol. The Labute approximate surface area is 449 Å². The van der Waals surface area contributed by atoms with Gasteiger partial charge < -0.3 is 38.4 Å². The van der Waals surface area contributed by atoms with Crippen molar-refractivity contribution in [2.45, 2.75) is 27.7 Å². The fourth-order valence-corrected chi connectivity index (χ4v) is 8.41. The van der Waals surface area contributed by atoms with E-state index in [4.69, 9.17) is 13.3 Å². The molecular formula is C53H51Br3F5N7O6. The van der Waals surface area contributed by atoms with Gasteiger partial charge in [-0.1, -0.05) is 0 Å². The Morgan fingerprint density at radius 1 is 0.595 bits per heavy atom. The number of halogens is 8. The van der Waals surface area contributed by atoms with Crippen LogP contribution in [0.5, 0.6) is 0 Å². The maximum absolute atomic E-state index is 14.3. The van der Waals surface area contributed by atoms with E-state index < -0.39 is 0 Å². The van der Waals surface area contributed by atoms with Gasteiger partial charge in [-0.05, 0) is 140 Å². The number of methoxy groups -OCH3 is 1. The third-order valence-corrected chi connectivity index (χ3v) is 12.9. The van der Waals surface area contributed by atoms with Crippen LogP contribution in [0, 0.1) is 49.9 Å². The Balaban J connectivity index is 0.000000153. The van der Waals surface area contributed by atoms with Crippen molar-refractivity contribution in [2.24, 2.45) is 0 Å². The summed E-state index contributed by atoms with van der Waals surface area (Å²) in [4.78, 5) is 38.6. The summed E-state index contributed by atoms with van der Waals surface area (Å²) in [6.45, 7) is 13.5. The molecule has 0 bridgehead atoms. The van der Waals surface area contributed by atoms with Gasteiger partial charge in [-0.2, -0.15) is 0 Å². The molecule has 390 valence electrons. The van der Waals surface area contributed by atoms with E-state index in [0.29, 0.717) is 60.3 Å². The highest BCUT2D eigenvalue weighted by Crippen LogP contribution is 2.30. The number of nitrogens with zero attached hydrogens (tertiary/aromatic N) is 5. The van der Waals surface area contributed by atoms with Gasteiger partial charge >= 0.3 is 0 Å². The molecule has 8 aromatic rings. The Hall–Kier alpha value is -6.10. The van der Waals surface area contributed by atoms with Gasteiger partial charge in [0, 0.05) is 102 Å². The molecule has 5 heterocycles. The number of aromatic nitrogens is 3. The number of fused-ring (bicyclic) bond motifs is 1. The number of rotatable bonds is 8. The van der Waals surface area contributed by atoms with Gasteiger partial charge in [0.2, 0.25) is 0 Å². The third kappa shape index (κ3) is 16.0. The van der Waals surface area contributed by atoms with Crippen LogP contribution in [0.4, 0.5) is 33.3 Å². The molecule has 2 fully saturated rings. The topological polar surface area (TPSA) is 152 Å². The number of hydrogen-bond donors (Lipinski definition) is 2. The smallest absolute Gasteiger partial charge is 0.192 e. The zero-order chi connectivity index (χ0) is 53.5. The van der Waals surface area contributed by atoms with Crippen LogP contribution in [-0.2, 0) is 4.74 Å². The zero-order valence-electron chi connectivity index (χ0n) is 40.8. The van der Waals surface area contributed by atoms with E-state index in [-0.39, 0.29) is 57.3 Å². The normalized spacial score (nSPS) is 13.1. The predicted molar refractivity (Wildman–Crippen MR) is 284 cm³/mol. The first-order valence-electron chi connectivity index (χ1n) is 22.9. The van der Waals surface area contributed by atoms with Gasteiger partial charge in [0.05, 0.1) is 24.8 Å². The van der Waals surface area contributed by atoms with E-state index in [1.807, 2.05) is 17.0 Å². The summed E-state index contributed by atoms with van der Waals surface area (Å²) >= 11 is 9.10. The minimum absolute atomic E-state index is 0.0120. The molecule has 0 amide bonds. The Morgan fingerprint density at radius 2 is 1.07 bits per heavy atom. The number of aryl methyl sites for hydroxylation is 3. The molecule has 13 nitrogen and oxygen atoms in total. The molecule has 2 N–H and O–H groups in total. The number of Topliss-reactive ketones (excluding diaryl/α,β-unsaturated/α-hetero) is 2. The molecule has 0 unspecified atom stereocenters. The molecule has 2 aliphatic heterocycles. The maximum atomic E-state index is 14.3. The number of ketones is 2. The van der Waals surface area contributed by atoms with Crippen molar-refractivity contribution in [3.8, 4) is 22.5 Å². The van der Waals surface area contributed by atoms with Gasteiger partial charge in [0.15, 0.2) is 40.6 Å². The van der Waals surface area contributed by atoms with Gasteiger partial charge in [-0.25, -0.2) is 36.9 Å². The highest BCUT2D eigenvalue weighted by Gasteiger charge is 2.20. The average Bonchev–Trinajstić information content (AvgIpc) is 4.15. The molecule has 3 aromatic heterocycles. The van der Waals surface area contributed by atoms with Crippen LogP contribution in [0.15, 0.2) is 124 Å². The number of carbonyl (C=O) groups is 2. The summed E-state index contributed by atoms with van der Waals surface area (Å²) in [5.41, 5.74) is 6.21. The minimum atomic E-state index is -0.381. The van der Waals surface area contributed by atoms with Crippen LogP contribution in [0.1, 0.15) is 45.3 Å². The van der Waals surface area contributed by atoms with Crippen LogP contribution in [0.2, 0.25) is 0 Å². The Kier molecular flexibility index (Phi) is 21.2. The lowest BCUT2D eigenvalue weighted by molar-refractivity contribution is 0.0847. The van der Waals surface area contributed by atoms with Crippen molar-refractivity contribution in [1.29, 1.82) is 0 Å². The van der Waals surface area contributed by atoms with E-state index in [0.717, 1.165) is 69.2 Å². The average molecular weight is 1220 g/mol. The number of oxazole rings is 3. The van der Waals surface area contributed by atoms with Crippen LogP contribution in [0.3, 0.4) is 0 Å². The summed E-state index contributed by atoms with van der Waals surface area (Å²) in [6.07, 6.45) is 3.15. The maximum Gasteiger partial charge on any atom is 0.192 e. The van der Waals surface area contributed by atoms with Crippen LogP contribution in [-0.4, -0.2) is 92.6 Å². The van der Waals surface area contributed by atoms with Crippen molar-refractivity contribution < 1.29 is 49.5 Å². The van der Waals surface area contributed by atoms with Crippen molar-refractivity contribution in [2.75, 3.05) is 75.9 Å². The van der Waals surface area contributed by atoms with Crippen LogP contribution >= 0.6 is 47.8 Å². The number of piperazine rings is 2. The van der Waals surface area contributed by atoms with Crippen LogP contribution < -0.4 is 20.4 Å². The first kappa shape index (κ1) is 57.2. The number of carbonyl (C=O) groups excluding carboxylic acids is 2. The summed E-state index contributed by atoms with van der Waals surface area (Å²) in [7, 11) is 1.44. The molecule has 74 heavy (non-hydrogen) atoms. The van der Waals surface area contributed by atoms with Crippen molar-refractivity contribution >= 4 is 81.8 Å². The van der Waals surface area contributed by atoms with E-state index in [1.54, 1.807) is 57.6 Å². The third-order valence-electron chi connectivity index (χ3n) is 11.0. The largest absolute Gasteiger partial charge is 0.449 e. The van der Waals surface area contributed by atoms with E-state index in [1.165, 1.54) is 62.6 Å². The zero-order valence-corrected chi connectivity index (χ0v) is 45.6. The van der Waals surface area contributed by atoms with Gasteiger partial charge in [0.1, 0.15) is 59.3 Å². The molecule has 0 radical (unpaired) electrons. The number of nitrogens with one attached hydrogen (secondary N) is 2. The number of anilines is 2. The molecule has 5 aromatic carbocycles. The first-order chi connectivity index (χ1) is 35.4. The monoisotopic (exact) mass is 1210 g/mol. The first-order valence-corrected chi connectivity index (χ1v) is 25.3. The lowest BCUT2D eigenvalue weighted by Crippen LogP contribution is -2.43. The van der Waals surface area contributed by atoms with Crippen molar-refractivity contribution in [3.05, 3.63) is 169 Å². The van der Waals surface area contributed by atoms with E-state index >= 15 is 0 Å².